The van der Waals surface area contributed by atoms with Gasteiger partial charge < -0.3 is 15.4 Å². The fourth-order valence-corrected chi connectivity index (χ4v) is 2.14. The summed E-state index contributed by atoms with van der Waals surface area (Å²) in [5.74, 6) is 1.47. The Kier molecular flexibility index (Phi) is 8.11. The lowest BCUT2D eigenvalue weighted by molar-refractivity contribution is 0.392. The maximum Gasteiger partial charge on any atom is 0.218 e. The summed E-state index contributed by atoms with van der Waals surface area (Å²) in [6.07, 6.45) is 8.23. The third kappa shape index (κ3) is 5.53. The van der Waals surface area contributed by atoms with Gasteiger partial charge in [-0.05, 0) is 25.8 Å². The van der Waals surface area contributed by atoms with Crippen molar-refractivity contribution in [2.45, 2.75) is 32.4 Å². The topological polar surface area (TPSA) is 58.5 Å². The zero-order valence-corrected chi connectivity index (χ0v) is 14.8. The minimum Gasteiger partial charge on any atom is -0.481 e. The number of methoxy groups -OCH3 is 1. The number of guanidine groups is 1. The van der Waals surface area contributed by atoms with E-state index in [9.17, 15) is 0 Å². The second-order valence-corrected chi connectivity index (χ2v) is 4.65. The van der Waals surface area contributed by atoms with Crippen LogP contribution in [0, 0.1) is 0 Å². The van der Waals surface area contributed by atoms with E-state index in [4.69, 9.17) is 4.74 Å². The van der Waals surface area contributed by atoms with Crippen molar-refractivity contribution in [2.24, 2.45) is 4.99 Å². The van der Waals surface area contributed by atoms with Crippen LogP contribution in [0.4, 0.5) is 0 Å². The van der Waals surface area contributed by atoms with E-state index in [1.165, 1.54) is 0 Å². The Balaban J connectivity index is 0.00000220. The molecule has 0 spiro atoms. The van der Waals surface area contributed by atoms with Crippen LogP contribution < -0.4 is 15.4 Å². The number of rotatable bonds is 5. The van der Waals surface area contributed by atoms with Crippen LogP contribution in [0.5, 0.6) is 5.88 Å². The van der Waals surface area contributed by atoms with Crippen molar-refractivity contribution < 1.29 is 4.74 Å². The van der Waals surface area contributed by atoms with Gasteiger partial charge in [0.15, 0.2) is 5.96 Å². The highest BCUT2D eigenvalue weighted by molar-refractivity contribution is 14.0. The molecule has 0 unspecified atom stereocenters. The van der Waals surface area contributed by atoms with Gasteiger partial charge in [-0.15, -0.1) is 24.0 Å². The van der Waals surface area contributed by atoms with Crippen LogP contribution in [0.3, 0.4) is 0 Å². The number of nitrogens with zero attached hydrogens (tertiary/aromatic N) is 2. The largest absolute Gasteiger partial charge is 0.481 e. The highest BCUT2D eigenvalue weighted by atomic mass is 127. The van der Waals surface area contributed by atoms with Gasteiger partial charge in [-0.3, -0.25) is 0 Å². The van der Waals surface area contributed by atoms with Crippen LogP contribution in [-0.4, -0.2) is 30.6 Å². The van der Waals surface area contributed by atoms with E-state index in [0.29, 0.717) is 18.5 Å². The van der Waals surface area contributed by atoms with Crippen LogP contribution in [0.2, 0.25) is 0 Å². The van der Waals surface area contributed by atoms with Crippen LogP contribution in [0.25, 0.3) is 0 Å². The summed E-state index contributed by atoms with van der Waals surface area (Å²) in [4.78, 5) is 8.78. The minimum absolute atomic E-state index is 0. The monoisotopic (exact) mass is 402 g/mol. The van der Waals surface area contributed by atoms with Crippen molar-refractivity contribution in [3.8, 4) is 5.88 Å². The number of nitrogens with one attached hydrogen (secondary N) is 2. The first-order valence-electron chi connectivity index (χ1n) is 7.01. The Labute approximate surface area is 143 Å². The average molecular weight is 402 g/mol. The summed E-state index contributed by atoms with van der Waals surface area (Å²) in [6.45, 7) is 3.46. The molecule has 0 fully saturated rings. The second-order valence-electron chi connectivity index (χ2n) is 4.65. The number of aliphatic imine (C=N–C) groups is 1. The Morgan fingerprint density at radius 1 is 1.43 bits per heavy atom. The third-order valence-corrected chi connectivity index (χ3v) is 3.14. The van der Waals surface area contributed by atoms with Gasteiger partial charge in [-0.1, -0.05) is 18.2 Å². The van der Waals surface area contributed by atoms with Gasteiger partial charge in [-0.25, -0.2) is 9.98 Å². The van der Waals surface area contributed by atoms with E-state index in [-0.39, 0.29) is 24.0 Å². The second kappa shape index (κ2) is 9.59. The number of ether oxygens (including phenoxy) is 1. The number of halogens is 1. The molecule has 2 rings (SSSR count). The smallest absolute Gasteiger partial charge is 0.218 e. The van der Waals surface area contributed by atoms with Crippen LogP contribution >= 0.6 is 24.0 Å². The molecule has 0 amide bonds. The molecule has 0 aliphatic heterocycles. The van der Waals surface area contributed by atoms with Crippen molar-refractivity contribution in [3.63, 3.8) is 0 Å². The molecular formula is C15H23IN4O. The van der Waals surface area contributed by atoms with Crippen molar-refractivity contribution in [1.82, 2.24) is 15.6 Å². The van der Waals surface area contributed by atoms with Gasteiger partial charge in [-0.2, -0.15) is 0 Å². The fourth-order valence-electron chi connectivity index (χ4n) is 2.14. The van der Waals surface area contributed by atoms with Gasteiger partial charge in [0.05, 0.1) is 13.7 Å². The van der Waals surface area contributed by atoms with Gasteiger partial charge in [0.1, 0.15) is 0 Å². The third-order valence-electron chi connectivity index (χ3n) is 3.14. The van der Waals surface area contributed by atoms with Crippen molar-refractivity contribution in [3.05, 3.63) is 36.0 Å². The normalized spacial score (nSPS) is 14.7. The molecule has 6 heteroatoms. The first-order valence-corrected chi connectivity index (χ1v) is 7.01. The molecule has 0 bridgehead atoms. The SMILES string of the molecule is CCNC(=NCc1cccnc1OC)NC1CC=CC1.I. The first-order chi connectivity index (χ1) is 9.83. The van der Waals surface area contributed by atoms with E-state index < -0.39 is 0 Å². The first kappa shape index (κ1) is 17.7. The van der Waals surface area contributed by atoms with E-state index in [1.807, 2.05) is 12.1 Å². The summed E-state index contributed by atoms with van der Waals surface area (Å²) >= 11 is 0. The van der Waals surface area contributed by atoms with E-state index in [1.54, 1.807) is 13.3 Å². The highest BCUT2D eigenvalue weighted by Crippen LogP contribution is 2.14. The number of hydrogen-bond acceptors (Lipinski definition) is 3. The standard InChI is InChI=1S/C15H22N4O.HI/c1-3-16-15(19-13-8-4-5-9-13)18-11-12-7-6-10-17-14(12)20-2;/h4-7,10,13H,3,8-9,11H2,1-2H3,(H2,16,18,19);1H. The molecule has 0 saturated carbocycles. The molecular weight excluding hydrogens is 379 g/mol. The molecule has 1 aromatic heterocycles. The maximum atomic E-state index is 5.24. The highest BCUT2D eigenvalue weighted by Gasteiger charge is 2.11. The molecule has 116 valence electrons. The zero-order valence-electron chi connectivity index (χ0n) is 12.5. The van der Waals surface area contributed by atoms with E-state index in [2.05, 4.69) is 39.7 Å². The predicted molar refractivity (Wildman–Crippen MR) is 96.3 cm³/mol. The molecule has 1 aliphatic carbocycles. The zero-order chi connectivity index (χ0) is 14.2. The molecule has 1 heterocycles. The number of pyridine rings is 1. The molecule has 21 heavy (non-hydrogen) atoms. The average Bonchev–Trinajstić information content (AvgIpc) is 2.98. The Bertz CT molecular complexity index is 482. The minimum atomic E-state index is 0. The summed E-state index contributed by atoms with van der Waals surface area (Å²) < 4.78 is 5.24. The summed E-state index contributed by atoms with van der Waals surface area (Å²) in [7, 11) is 1.63. The molecule has 0 saturated heterocycles. The molecule has 0 atom stereocenters. The molecule has 1 aliphatic rings. The molecule has 2 N–H and O–H groups in total. The number of aromatic nitrogens is 1. The summed E-state index contributed by atoms with van der Waals surface area (Å²) in [5, 5.41) is 6.71. The predicted octanol–water partition coefficient (Wildman–Crippen LogP) is 2.48. The Morgan fingerprint density at radius 3 is 2.86 bits per heavy atom. The lowest BCUT2D eigenvalue weighted by atomic mass is 10.2. The van der Waals surface area contributed by atoms with Crippen LogP contribution in [0.15, 0.2) is 35.5 Å². The van der Waals surface area contributed by atoms with Crippen molar-refractivity contribution in [2.75, 3.05) is 13.7 Å². The van der Waals surface area contributed by atoms with Gasteiger partial charge >= 0.3 is 0 Å². The van der Waals surface area contributed by atoms with Crippen molar-refractivity contribution in [1.29, 1.82) is 0 Å². The van der Waals surface area contributed by atoms with Gasteiger partial charge in [0.25, 0.3) is 0 Å². The molecule has 5 nitrogen and oxygen atoms in total. The molecule has 1 aromatic rings. The Hall–Kier alpha value is -1.31. The van der Waals surface area contributed by atoms with Gasteiger partial charge in [0, 0.05) is 24.3 Å². The fraction of sp³-hybridized carbons (Fsp3) is 0.467. The number of hydrogen-bond donors (Lipinski definition) is 2. The van der Waals surface area contributed by atoms with Crippen LogP contribution in [0.1, 0.15) is 25.3 Å². The molecule has 0 aromatic carbocycles. The summed E-state index contributed by atoms with van der Waals surface area (Å²) in [5.41, 5.74) is 0.983. The maximum absolute atomic E-state index is 5.24. The van der Waals surface area contributed by atoms with E-state index in [0.717, 1.165) is 30.9 Å². The van der Waals surface area contributed by atoms with Gasteiger partial charge in [0.2, 0.25) is 5.88 Å². The van der Waals surface area contributed by atoms with E-state index >= 15 is 0 Å². The lowest BCUT2D eigenvalue weighted by Crippen LogP contribution is -2.42. The van der Waals surface area contributed by atoms with Crippen molar-refractivity contribution >= 4 is 29.9 Å². The quantitative estimate of drug-likeness (QED) is 0.344. The van der Waals surface area contributed by atoms with Crippen LogP contribution in [-0.2, 0) is 6.54 Å². The lowest BCUT2D eigenvalue weighted by Gasteiger charge is -2.16. The molecule has 0 radical (unpaired) electrons. The summed E-state index contributed by atoms with van der Waals surface area (Å²) in [6, 6.07) is 4.33. The Morgan fingerprint density at radius 2 is 2.19 bits per heavy atom.